The molecule has 0 aromatic carbocycles. The molecule has 0 aliphatic carbocycles. The van der Waals surface area contributed by atoms with Crippen molar-refractivity contribution in [2.45, 2.75) is 24.6 Å². The molecule has 0 spiro atoms. The molecular weight excluding hydrogens is 220 g/mol. The van der Waals surface area contributed by atoms with Gasteiger partial charge in [0, 0.05) is 18.0 Å². The lowest BCUT2D eigenvalue weighted by Gasteiger charge is -2.09. The van der Waals surface area contributed by atoms with Crippen LogP contribution in [-0.2, 0) is 6.54 Å². The second-order valence-electron chi connectivity index (χ2n) is 3.80. The highest BCUT2D eigenvalue weighted by molar-refractivity contribution is 7.80. The van der Waals surface area contributed by atoms with Crippen LogP contribution in [-0.4, -0.2) is 26.3 Å². The molecule has 2 aromatic heterocycles. The number of hydrogen-bond donors (Lipinski definition) is 2. The Hall–Kier alpha value is -1.07. The Bertz CT molecular complexity index is 454. The van der Waals surface area contributed by atoms with E-state index in [9.17, 15) is 0 Å². The van der Waals surface area contributed by atoms with Crippen molar-refractivity contribution in [3.8, 4) is 0 Å². The summed E-state index contributed by atoms with van der Waals surface area (Å²) in [6.07, 6.45) is 5.56. The molecule has 1 unspecified atom stereocenters. The summed E-state index contributed by atoms with van der Waals surface area (Å²) in [6.45, 7) is 1.58. The van der Waals surface area contributed by atoms with Crippen molar-refractivity contribution in [3.05, 3.63) is 24.7 Å². The number of aromatic nitrogens is 3. The SMILES string of the molecule is NCCC(S)CCn1cnc2cccnc21. The molecule has 0 saturated carbocycles. The van der Waals surface area contributed by atoms with Crippen molar-refractivity contribution >= 4 is 23.8 Å². The summed E-state index contributed by atoms with van der Waals surface area (Å²) in [7, 11) is 0. The largest absolute Gasteiger partial charge is 0.330 e. The minimum atomic E-state index is 0.353. The maximum Gasteiger partial charge on any atom is 0.159 e. The van der Waals surface area contributed by atoms with Crippen molar-refractivity contribution < 1.29 is 0 Å². The van der Waals surface area contributed by atoms with Crippen molar-refractivity contribution in [1.82, 2.24) is 14.5 Å². The predicted molar refractivity (Wildman–Crippen MR) is 68.6 cm³/mol. The van der Waals surface area contributed by atoms with Crippen LogP contribution in [0.15, 0.2) is 24.7 Å². The number of imidazole rings is 1. The molecule has 0 aliphatic heterocycles. The van der Waals surface area contributed by atoms with Crippen LogP contribution in [0.5, 0.6) is 0 Å². The lowest BCUT2D eigenvalue weighted by molar-refractivity contribution is 0.612. The van der Waals surface area contributed by atoms with Crippen LogP contribution in [0.25, 0.3) is 11.2 Å². The van der Waals surface area contributed by atoms with Gasteiger partial charge in [0.1, 0.15) is 5.52 Å². The van der Waals surface area contributed by atoms with Crippen molar-refractivity contribution in [3.63, 3.8) is 0 Å². The molecule has 0 amide bonds. The highest BCUT2D eigenvalue weighted by Gasteiger charge is 2.05. The van der Waals surface area contributed by atoms with Gasteiger partial charge in [0.05, 0.1) is 6.33 Å². The zero-order valence-electron chi connectivity index (χ0n) is 9.08. The number of fused-ring (bicyclic) bond motifs is 1. The maximum atomic E-state index is 5.49. The van der Waals surface area contributed by atoms with Gasteiger partial charge in [-0.2, -0.15) is 12.6 Å². The third kappa shape index (κ3) is 2.54. The van der Waals surface area contributed by atoms with Gasteiger partial charge < -0.3 is 10.3 Å². The Labute approximate surface area is 100 Å². The van der Waals surface area contributed by atoms with Crippen LogP contribution in [0.1, 0.15) is 12.8 Å². The van der Waals surface area contributed by atoms with Crippen LogP contribution in [0.4, 0.5) is 0 Å². The number of nitrogens with zero attached hydrogens (tertiary/aromatic N) is 3. The lowest BCUT2D eigenvalue weighted by atomic mass is 10.2. The first-order valence-electron chi connectivity index (χ1n) is 5.45. The molecule has 0 radical (unpaired) electrons. The Morgan fingerprint density at radius 1 is 1.38 bits per heavy atom. The van der Waals surface area contributed by atoms with E-state index in [0.29, 0.717) is 11.8 Å². The lowest BCUT2D eigenvalue weighted by Crippen LogP contribution is -2.11. The van der Waals surface area contributed by atoms with E-state index in [1.54, 1.807) is 6.20 Å². The fourth-order valence-corrected chi connectivity index (χ4v) is 1.95. The summed E-state index contributed by atoms with van der Waals surface area (Å²) in [4.78, 5) is 8.61. The second kappa shape index (κ2) is 5.32. The van der Waals surface area contributed by atoms with Gasteiger partial charge in [-0.15, -0.1) is 0 Å². The van der Waals surface area contributed by atoms with Crippen LogP contribution in [0.2, 0.25) is 0 Å². The molecule has 2 N–H and O–H groups in total. The molecule has 86 valence electrons. The minimum Gasteiger partial charge on any atom is -0.330 e. The van der Waals surface area contributed by atoms with Crippen LogP contribution in [0.3, 0.4) is 0 Å². The van der Waals surface area contributed by atoms with E-state index in [4.69, 9.17) is 5.73 Å². The Morgan fingerprint density at radius 2 is 2.25 bits per heavy atom. The van der Waals surface area contributed by atoms with E-state index in [1.165, 1.54) is 0 Å². The number of nitrogens with two attached hydrogens (primary N) is 1. The number of thiol groups is 1. The summed E-state index contributed by atoms with van der Waals surface area (Å²) >= 11 is 4.48. The first kappa shape index (κ1) is 11.4. The van der Waals surface area contributed by atoms with E-state index in [2.05, 4.69) is 27.2 Å². The van der Waals surface area contributed by atoms with Crippen LogP contribution < -0.4 is 5.73 Å². The second-order valence-corrected chi connectivity index (χ2v) is 4.53. The topological polar surface area (TPSA) is 56.7 Å². The van der Waals surface area contributed by atoms with Crippen molar-refractivity contribution in [2.75, 3.05) is 6.54 Å². The average Bonchev–Trinajstić information content (AvgIpc) is 2.70. The number of rotatable bonds is 5. The molecular formula is C11H16N4S. The van der Waals surface area contributed by atoms with Gasteiger partial charge in [0.25, 0.3) is 0 Å². The minimum absolute atomic E-state index is 0.353. The van der Waals surface area contributed by atoms with Gasteiger partial charge in [-0.05, 0) is 31.5 Å². The van der Waals surface area contributed by atoms with Gasteiger partial charge in [-0.3, -0.25) is 0 Å². The molecule has 0 fully saturated rings. The molecule has 0 bridgehead atoms. The smallest absolute Gasteiger partial charge is 0.159 e. The van der Waals surface area contributed by atoms with Gasteiger partial charge in [0.15, 0.2) is 5.65 Å². The van der Waals surface area contributed by atoms with E-state index in [-0.39, 0.29) is 0 Å². The first-order chi connectivity index (χ1) is 7.81. The number of pyridine rings is 1. The van der Waals surface area contributed by atoms with Crippen molar-refractivity contribution in [1.29, 1.82) is 0 Å². The zero-order chi connectivity index (χ0) is 11.4. The fourth-order valence-electron chi connectivity index (χ4n) is 1.69. The van der Waals surface area contributed by atoms with E-state index in [0.717, 1.165) is 30.6 Å². The Kier molecular flexibility index (Phi) is 3.79. The Morgan fingerprint density at radius 3 is 3.06 bits per heavy atom. The van der Waals surface area contributed by atoms with Gasteiger partial charge in [-0.25, -0.2) is 9.97 Å². The maximum absolute atomic E-state index is 5.49. The Balaban J connectivity index is 2.04. The monoisotopic (exact) mass is 236 g/mol. The standard InChI is InChI=1S/C11H16N4S/c12-5-3-9(16)4-7-15-8-14-10-2-1-6-13-11(10)15/h1-2,6,8-9,16H,3-5,7,12H2. The van der Waals surface area contributed by atoms with Crippen LogP contribution in [0, 0.1) is 0 Å². The molecule has 2 aromatic rings. The molecule has 4 nitrogen and oxygen atoms in total. The van der Waals surface area contributed by atoms with E-state index >= 15 is 0 Å². The molecule has 5 heteroatoms. The molecule has 2 rings (SSSR count). The zero-order valence-corrected chi connectivity index (χ0v) is 9.98. The molecule has 0 saturated heterocycles. The fraction of sp³-hybridized carbons (Fsp3) is 0.455. The molecule has 16 heavy (non-hydrogen) atoms. The number of hydrogen-bond acceptors (Lipinski definition) is 4. The predicted octanol–water partition coefficient (Wildman–Crippen LogP) is 1.47. The van der Waals surface area contributed by atoms with Gasteiger partial charge in [-0.1, -0.05) is 0 Å². The number of aryl methyl sites for hydroxylation is 1. The highest BCUT2D eigenvalue weighted by Crippen LogP contribution is 2.12. The van der Waals surface area contributed by atoms with Crippen molar-refractivity contribution in [2.24, 2.45) is 5.73 Å². The summed E-state index contributed by atoms with van der Waals surface area (Å²) in [5.74, 6) is 0. The summed E-state index contributed by atoms with van der Waals surface area (Å²) in [5, 5.41) is 0.353. The van der Waals surface area contributed by atoms with Gasteiger partial charge in [0.2, 0.25) is 0 Å². The molecule has 0 aliphatic rings. The van der Waals surface area contributed by atoms with Crippen LogP contribution >= 0.6 is 12.6 Å². The molecule has 2 heterocycles. The van der Waals surface area contributed by atoms with E-state index in [1.807, 2.05) is 18.5 Å². The average molecular weight is 236 g/mol. The van der Waals surface area contributed by atoms with E-state index < -0.39 is 0 Å². The first-order valence-corrected chi connectivity index (χ1v) is 5.97. The summed E-state index contributed by atoms with van der Waals surface area (Å²) < 4.78 is 2.06. The quantitative estimate of drug-likeness (QED) is 0.773. The third-order valence-corrected chi connectivity index (χ3v) is 3.09. The highest BCUT2D eigenvalue weighted by atomic mass is 32.1. The normalized spacial score (nSPS) is 13.1. The van der Waals surface area contributed by atoms with Gasteiger partial charge >= 0.3 is 0 Å². The molecule has 1 atom stereocenters. The third-order valence-electron chi connectivity index (χ3n) is 2.58. The summed E-state index contributed by atoms with van der Waals surface area (Å²) in [6, 6.07) is 3.87. The summed E-state index contributed by atoms with van der Waals surface area (Å²) in [5.41, 5.74) is 7.37.